The first-order chi connectivity index (χ1) is 7.95. The first-order valence-electron chi connectivity index (χ1n) is 4.91. The summed E-state index contributed by atoms with van der Waals surface area (Å²) in [5, 5.41) is 13.0. The minimum Gasteiger partial charge on any atom is -0.328 e. The van der Waals surface area contributed by atoms with Gasteiger partial charge in [-0.05, 0) is 19.1 Å². The van der Waals surface area contributed by atoms with Gasteiger partial charge in [-0.2, -0.15) is 0 Å². The number of hydrogen-bond donors (Lipinski definition) is 1. The molecule has 92 valence electrons. The molecule has 0 aliphatic carbocycles. The normalized spacial score (nSPS) is 9.82. The standard InChI is InChI=1S/C10H12FN3O3/c1-3-13(2)10(15)12-8-5-4-7(11)6-9(8)14(16)17/h4-6H,3H2,1-2H3,(H,12,15). The third-order valence-corrected chi connectivity index (χ3v) is 2.22. The van der Waals surface area contributed by atoms with Crippen LogP contribution in [0.5, 0.6) is 0 Å². The highest BCUT2D eigenvalue weighted by molar-refractivity contribution is 5.91. The molecule has 0 saturated heterocycles. The van der Waals surface area contributed by atoms with Crippen molar-refractivity contribution in [3.63, 3.8) is 0 Å². The molecular weight excluding hydrogens is 229 g/mol. The number of nitro benzene ring substituents is 1. The molecule has 0 spiro atoms. The molecular formula is C10H12FN3O3. The van der Waals surface area contributed by atoms with Crippen LogP contribution in [0.4, 0.5) is 20.6 Å². The zero-order chi connectivity index (χ0) is 13.0. The van der Waals surface area contributed by atoms with Crippen LogP contribution in [0.2, 0.25) is 0 Å². The van der Waals surface area contributed by atoms with Crippen molar-refractivity contribution in [1.29, 1.82) is 0 Å². The van der Waals surface area contributed by atoms with Crippen molar-refractivity contribution < 1.29 is 14.1 Å². The molecule has 0 unspecified atom stereocenters. The van der Waals surface area contributed by atoms with Gasteiger partial charge in [0.1, 0.15) is 11.5 Å². The number of halogens is 1. The Kier molecular flexibility index (Phi) is 3.97. The Morgan fingerprint density at radius 3 is 2.76 bits per heavy atom. The fourth-order valence-corrected chi connectivity index (χ4v) is 1.12. The van der Waals surface area contributed by atoms with Crippen LogP contribution >= 0.6 is 0 Å². The van der Waals surface area contributed by atoms with Crippen LogP contribution in [0.1, 0.15) is 6.92 Å². The van der Waals surface area contributed by atoms with E-state index < -0.39 is 22.5 Å². The highest BCUT2D eigenvalue weighted by Crippen LogP contribution is 2.25. The Morgan fingerprint density at radius 2 is 2.24 bits per heavy atom. The minimum absolute atomic E-state index is 0.0262. The number of anilines is 1. The Morgan fingerprint density at radius 1 is 1.59 bits per heavy atom. The molecule has 0 saturated carbocycles. The summed E-state index contributed by atoms with van der Waals surface area (Å²) in [5.74, 6) is -0.724. The van der Waals surface area contributed by atoms with Crippen molar-refractivity contribution in [3.05, 3.63) is 34.1 Å². The largest absolute Gasteiger partial charge is 0.328 e. The zero-order valence-electron chi connectivity index (χ0n) is 9.44. The van der Waals surface area contributed by atoms with Gasteiger partial charge in [0.25, 0.3) is 5.69 Å². The van der Waals surface area contributed by atoms with Crippen LogP contribution in [-0.4, -0.2) is 29.4 Å². The summed E-state index contributed by atoms with van der Waals surface area (Å²) in [4.78, 5) is 22.8. The molecule has 17 heavy (non-hydrogen) atoms. The second-order valence-corrected chi connectivity index (χ2v) is 3.36. The molecule has 1 aromatic carbocycles. The lowest BCUT2D eigenvalue weighted by Crippen LogP contribution is -2.31. The molecule has 0 aliphatic rings. The van der Waals surface area contributed by atoms with Crippen LogP contribution in [-0.2, 0) is 0 Å². The van der Waals surface area contributed by atoms with E-state index in [0.717, 1.165) is 18.2 Å². The minimum atomic E-state index is -0.745. The number of benzene rings is 1. The van der Waals surface area contributed by atoms with Crippen molar-refractivity contribution in [2.45, 2.75) is 6.92 Å². The maximum Gasteiger partial charge on any atom is 0.321 e. The first-order valence-corrected chi connectivity index (χ1v) is 4.91. The summed E-state index contributed by atoms with van der Waals surface area (Å²) < 4.78 is 12.8. The van der Waals surface area contributed by atoms with E-state index in [-0.39, 0.29) is 5.69 Å². The Bertz CT molecular complexity index is 450. The first kappa shape index (κ1) is 12.9. The van der Waals surface area contributed by atoms with Gasteiger partial charge in [-0.3, -0.25) is 10.1 Å². The molecule has 6 nitrogen and oxygen atoms in total. The number of nitro groups is 1. The molecule has 0 aromatic heterocycles. The van der Waals surface area contributed by atoms with E-state index in [0.29, 0.717) is 6.54 Å². The van der Waals surface area contributed by atoms with Crippen LogP contribution in [0.15, 0.2) is 18.2 Å². The second kappa shape index (κ2) is 5.24. The van der Waals surface area contributed by atoms with Crippen LogP contribution < -0.4 is 5.32 Å². The van der Waals surface area contributed by atoms with Gasteiger partial charge in [-0.25, -0.2) is 9.18 Å². The van der Waals surface area contributed by atoms with E-state index in [1.54, 1.807) is 14.0 Å². The van der Waals surface area contributed by atoms with E-state index in [1.807, 2.05) is 0 Å². The number of carbonyl (C=O) groups is 1. The van der Waals surface area contributed by atoms with E-state index in [9.17, 15) is 19.3 Å². The van der Waals surface area contributed by atoms with E-state index in [4.69, 9.17) is 0 Å². The highest BCUT2D eigenvalue weighted by Gasteiger charge is 2.17. The number of rotatable bonds is 3. The molecule has 1 N–H and O–H groups in total. The predicted octanol–water partition coefficient (Wildman–Crippen LogP) is 2.22. The summed E-state index contributed by atoms with van der Waals surface area (Å²) in [7, 11) is 1.55. The van der Waals surface area contributed by atoms with E-state index in [2.05, 4.69) is 5.32 Å². The van der Waals surface area contributed by atoms with Gasteiger partial charge in [0.15, 0.2) is 0 Å². The highest BCUT2D eigenvalue weighted by atomic mass is 19.1. The molecule has 2 amide bonds. The monoisotopic (exact) mass is 241 g/mol. The summed E-state index contributed by atoms with van der Waals surface area (Å²) in [6.07, 6.45) is 0. The van der Waals surface area contributed by atoms with Crippen molar-refractivity contribution in [2.75, 3.05) is 18.9 Å². The molecule has 0 atom stereocenters. The van der Waals surface area contributed by atoms with Gasteiger partial charge in [0.2, 0.25) is 0 Å². The molecule has 0 bridgehead atoms. The fourth-order valence-electron chi connectivity index (χ4n) is 1.12. The maximum atomic E-state index is 12.8. The summed E-state index contributed by atoms with van der Waals surface area (Å²) in [6.45, 7) is 2.22. The van der Waals surface area contributed by atoms with Crippen molar-refractivity contribution >= 4 is 17.4 Å². The fraction of sp³-hybridized carbons (Fsp3) is 0.300. The van der Waals surface area contributed by atoms with Gasteiger partial charge in [0.05, 0.1) is 11.0 Å². The molecule has 7 heteroatoms. The summed E-state index contributed by atoms with van der Waals surface area (Å²) in [5.41, 5.74) is -0.496. The zero-order valence-corrected chi connectivity index (χ0v) is 9.44. The van der Waals surface area contributed by atoms with Crippen LogP contribution in [0.3, 0.4) is 0 Å². The topological polar surface area (TPSA) is 75.5 Å². The maximum absolute atomic E-state index is 12.8. The van der Waals surface area contributed by atoms with Crippen molar-refractivity contribution in [3.8, 4) is 0 Å². The number of nitrogens with one attached hydrogen (secondary N) is 1. The third kappa shape index (κ3) is 3.13. The Hall–Kier alpha value is -2.18. The Labute approximate surface area is 97.2 Å². The predicted molar refractivity (Wildman–Crippen MR) is 60.4 cm³/mol. The van der Waals surface area contributed by atoms with Crippen LogP contribution in [0, 0.1) is 15.9 Å². The van der Waals surface area contributed by atoms with Gasteiger partial charge >= 0.3 is 6.03 Å². The molecule has 0 aliphatic heterocycles. The van der Waals surface area contributed by atoms with E-state index in [1.165, 1.54) is 4.90 Å². The number of urea groups is 1. The lowest BCUT2D eigenvalue weighted by Gasteiger charge is -2.15. The molecule has 1 rings (SSSR count). The van der Waals surface area contributed by atoms with Crippen molar-refractivity contribution in [2.24, 2.45) is 0 Å². The molecule has 0 heterocycles. The molecule has 0 fully saturated rings. The third-order valence-electron chi connectivity index (χ3n) is 2.22. The SMILES string of the molecule is CCN(C)C(=O)Nc1ccc(F)cc1[N+](=O)[O-]. The van der Waals surface area contributed by atoms with E-state index >= 15 is 0 Å². The number of nitrogens with zero attached hydrogens (tertiary/aromatic N) is 2. The lowest BCUT2D eigenvalue weighted by molar-refractivity contribution is -0.384. The second-order valence-electron chi connectivity index (χ2n) is 3.36. The van der Waals surface area contributed by atoms with Gasteiger partial charge in [0, 0.05) is 13.6 Å². The average molecular weight is 241 g/mol. The average Bonchev–Trinajstić information content (AvgIpc) is 2.29. The smallest absolute Gasteiger partial charge is 0.321 e. The van der Waals surface area contributed by atoms with Gasteiger partial charge < -0.3 is 10.2 Å². The molecule has 1 aromatic rings. The Balaban J connectivity index is 2.98. The van der Waals surface area contributed by atoms with Gasteiger partial charge in [-0.15, -0.1) is 0 Å². The quantitative estimate of drug-likeness (QED) is 0.651. The van der Waals surface area contributed by atoms with Crippen LogP contribution in [0.25, 0.3) is 0 Å². The number of carbonyl (C=O) groups excluding carboxylic acids is 1. The van der Waals surface area contributed by atoms with Crippen molar-refractivity contribution in [1.82, 2.24) is 4.90 Å². The number of hydrogen-bond acceptors (Lipinski definition) is 3. The van der Waals surface area contributed by atoms with Gasteiger partial charge in [-0.1, -0.05) is 0 Å². The summed E-state index contributed by atoms with van der Waals surface area (Å²) in [6, 6.07) is 2.49. The molecule has 0 radical (unpaired) electrons. The number of amides is 2. The lowest BCUT2D eigenvalue weighted by atomic mass is 10.2. The summed E-state index contributed by atoms with van der Waals surface area (Å²) >= 11 is 0.